The number of pyridine rings is 1. The summed E-state index contributed by atoms with van der Waals surface area (Å²) in [4.78, 5) is 37.4. The molecule has 0 saturated heterocycles. The molecule has 3 N–H and O–H groups in total. The van der Waals surface area contributed by atoms with Gasteiger partial charge in [-0.25, -0.2) is 0 Å². The average molecular weight is 326 g/mol. The highest BCUT2D eigenvalue weighted by Crippen LogP contribution is 2.20. The first-order valence-electron chi connectivity index (χ1n) is 5.72. The summed E-state index contributed by atoms with van der Waals surface area (Å²) in [6.07, 6.45) is 1.39. The number of aromatic amines is 1. The van der Waals surface area contributed by atoms with Crippen LogP contribution in [0.5, 0.6) is 0 Å². The molecule has 1 heterocycles. The molecule has 1 aromatic heterocycles. The lowest BCUT2D eigenvalue weighted by atomic mass is 10.2. The number of hydrogen-bond donors (Lipinski definition) is 3. The van der Waals surface area contributed by atoms with Crippen LogP contribution in [-0.4, -0.2) is 16.8 Å². The van der Waals surface area contributed by atoms with Crippen molar-refractivity contribution in [1.29, 1.82) is 0 Å². The van der Waals surface area contributed by atoms with Crippen LogP contribution >= 0.6 is 23.2 Å². The van der Waals surface area contributed by atoms with E-state index in [1.54, 1.807) is 0 Å². The van der Waals surface area contributed by atoms with E-state index in [-0.39, 0.29) is 16.1 Å². The molecule has 6 nitrogen and oxygen atoms in total. The maximum Gasteiger partial charge on any atom is 0.275 e. The number of amides is 2. The number of carbonyl (C=O) groups excluding carboxylic acids is 2. The summed E-state index contributed by atoms with van der Waals surface area (Å²) in [5.41, 5.74) is 3.69. The fourth-order valence-electron chi connectivity index (χ4n) is 1.52. The van der Waals surface area contributed by atoms with Gasteiger partial charge in [0, 0.05) is 11.2 Å². The van der Waals surface area contributed by atoms with Gasteiger partial charge < -0.3 is 4.98 Å². The van der Waals surface area contributed by atoms with Crippen LogP contribution in [-0.2, 0) is 0 Å². The smallest absolute Gasteiger partial charge is 0.275 e. The third-order valence-corrected chi connectivity index (χ3v) is 3.09. The third kappa shape index (κ3) is 3.62. The van der Waals surface area contributed by atoms with Crippen LogP contribution in [0.1, 0.15) is 20.7 Å². The summed E-state index contributed by atoms with van der Waals surface area (Å²) in [6.45, 7) is 0. The minimum Gasteiger partial charge on any atom is -0.328 e. The van der Waals surface area contributed by atoms with E-state index in [1.807, 2.05) is 0 Å². The Kier molecular flexibility index (Phi) is 4.62. The largest absolute Gasteiger partial charge is 0.328 e. The van der Waals surface area contributed by atoms with Crippen LogP contribution in [0.4, 0.5) is 0 Å². The van der Waals surface area contributed by atoms with E-state index in [4.69, 9.17) is 23.2 Å². The summed E-state index contributed by atoms with van der Waals surface area (Å²) < 4.78 is 0. The van der Waals surface area contributed by atoms with Crippen LogP contribution in [0.15, 0.2) is 41.3 Å². The molecule has 21 heavy (non-hydrogen) atoms. The normalized spacial score (nSPS) is 10.0. The lowest BCUT2D eigenvalue weighted by Crippen LogP contribution is -2.43. The maximum absolute atomic E-state index is 11.9. The first-order chi connectivity index (χ1) is 9.99. The van der Waals surface area contributed by atoms with Gasteiger partial charge in [0.15, 0.2) is 0 Å². The monoisotopic (exact) mass is 325 g/mol. The highest BCUT2D eigenvalue weighted by atomic mass is 35.5. The van der Waals surface area contributed by atoms with Crippen molar-refractivity contribution in [1.82, 2.24) is 15.8 Å². The van der Waals surface area contributed by atoms with Gasteiger partial charge in [0.2, 0.25) is 0 Å². The van der Waals surface area contributed by atoms with Crippen molar-refractivity contribution in [3.63, 3.8) is 0 Å². The van der Waals surface area contributed by atoms with Gasteiger partial charge in [-0.15, -0.1) is 0 Å². The molecule has 0 unspecified atom stereocenters. The summed E-state index contributed by atoms with van der Waals surface area (Å²) in [5, 5.41) is 0.513. The molecule has 0 aliphatic rings. The zero-order valence-electron chi connectivity index (χ0n) is 10.4. The summed E-state index contributed by atoms with van der Waals surface area (Å²) in [7, 11) is 0. The molecule has 0 bridgehead atoms. The first-order valence-corrected chi connectivity index (χ1v) is 6.48. The zero-order valence-corrected chi connectivity index (χ0v) is 12.0. The van der Waals surface area contributed by atoms with Crippen LogP contribution in [0.2, 0.25) is 10.0 Å². The standard InChI is InChI=1S/C13H9Cl2N3O3/c14-7-3-4-10(15)9(6-7)13(21)18-17-12(20)8-2-1-5-16-11(8)19/h1-6H,(H,16,19)(H,17,20)(H,18,21). The van der Waals surface area contributed by atoms with Crippen LogP contribution < -0.4 is 16.4 Å². The number of halogens is 2. The number of hydrazine groups is 1. The van der Waals surface area contributed by atoms with Crippen molar-refractivity contribution < 1.29 is 9.59 Å². The van der Waals surface area contributed by atoms with Gasteiger partial charge >= 0.3 is 0 Å². The summed E-state index contributed by atoms with van der Waals surface area (Å²) in [6, 6.07) is 7.17. The molecule has 0 fully saturated rings. The molecule has 0 aliphatic carbocycles. The highest BCUT2D eigenvalue weighted by Gasteiger charge is 2.14. The number of aromatic nitrogens is 1. The van der Waals surface area contributed by atoms with Gasteiger partial charge in [-0.1, -0.05) is 23.2 Å². The Labute approximate surface area is 129 Å². The molecule has 108 valence electrons. The maximum atomic E-state index is 11.9. The average Bonchev–Trinajstić information content (AvgIpc) is 2.47. The van der Waals surface area contributed by atoms with Crippen molar-refractivity contribution >= 4 is 35.0 Å². The topological polar surface area (TPSA) is 91.1 Å². The molecule has 0 aliphatic heterocycles. The Morgan fingerprint density at radius 1 is 1.00 bits per heavy atom. The number of hydrogen-bond acceptors (Lipinski definition) is 3. The third-order valence-electron chi connectivity index (χ3n) is 2.53. The second-order valence-corrected chi connectivity index (χ2v) is 4.79. The van der Waals surface area contributed by atoms with E-state index >= 15 is 0 Å². The van der Waals surface area contributed by atoms with Crippen LogP contribution in [0, 0.1) is 0 Å². The predicted molar refractivity (Wildman–Crippen MR) is 78.5 cm³/mol. The number of nitrogens with one attached hydrogen (secondary N) is 3. The molecule has 2 aromatic rings. The van der Waals surface area contributed by atoms with E-state index in [2.05, 4.69) is 15.8 Å². The fourth-order valence-corrected chi connectivity index (χ4v) is 1.90. The van der Waals surface area contributed by atoms with Gasteiger partial charge in [0.05, 0.1) is 10.6 Å². The van der Waals surface area contributed by atoms with Crippen LogP contribution in [0.3, 0.4) is 0 Å². The van der Waals surface area contributed by atoms with E-state index in [9.17, 15) is 14.4 Å². The van der Waals surface area contributed by atoms with E-state index in [0.717, 1.165) is 0 Å². The lowest BCUT2D eigenvalue weighted by Gasteiger charge is -2.08. The van der Waals surface area contributed by atoms with Crippen molar-refractivity contribution in [3.8, 4) is 0 Å². The Morgan fingerprint density at radius 2 is 1.67 bits per heavy atom. The van der Waals surface area contributed by atoms with Gasteiger partial charge in [-0.05, 0) is 30.3 Å². The fraction of sp³-hybridized carbons (Fsp3) is 0. The minimum absolute atomic E-state index is 0.103. The Hall–Kier alpha value is -2.31. The molecule has 0 spiro atoms. The first kappa shape index (κ1) is 15.1. The summed E-state index contributed by atoms with van der Waals surface area (Å²) >= 11 is 11.6. The summed E-state index contributed by atoms with van der Waals surface area (Å²) in [5.74, 6) is -1.40. The van der Waals surface area contributed by atoms with Crippen molar-refractivity contribution in [2.24, 2.45) is 0 Å². The minimum atomic E-state index is -0.747. The molecule has 8 heteroatoms. The number of rotatable bonds is 2. The number of carbonyl (C=O) groups is 2. The molecule has 2 rings (SSSR count). The van der Waals surface area contributed by atoms with E-state index in [0.29, 0.717) is 5.02 Å². The quantitative estimate of drug-likeness (QED) is 0.735. The Bertz CT molecular complexity index is 758. The van der Waals surface area contributed by atoms with E-state index in [1.165, 1.54) is 36.5 Å². The van der Waals surface area contributed by atoms with Crippen molar-refractivity contribution in [3.05, 3.63) is 68.1 Å². The molecular formula is C13H9Cl2N3O3. The van der Waals surface area contributed by atoms with Gasteiger partial charge in [0.1, 0.15) is 5.56 Å². The van der Waals surface area contributed by atoms with Crippen molar-refractivity contribution in [2.45, 2.75) is 0 Å². The highest BCUT2D eigenvalue weighted by molar-refractivity contribution is 6.35. The SMILES string of the molecule is O=C(NNC(=O)c1ccc[nH]c1=O)c1cc(Cl)ccc1Cl. The second kappa shape index (κ2) is 6.43. The molecule has 0 atom stereocenters. The van der Waals surface area contributed by atoms with E-state index < -0.39 is 17.4 Å². The van der Waals surface area contributed by atoms with Gasteiger partial charge in [0.25, 0.3) is 17.4 Å². The molecule has 0 saturated carbocycles. The second-order valence-electron chi connectivity index (χ2n) is 3.95. The van der Waals surface area contributed by atoms with Crippen LogP contribution in [0.25, 0.3) is 0 Å². The number of benzene rings is 1. The molecule has 2 amide bonds. The van der Waals surface area contributed by atoms with Gasteiger partial charge in [-0.3, -0.25) is 25.2 Å². The Morgan fingerprint density at radius 3 is 2.33 bits per heavy atom. The predicted octanol–water partition coefficient (Wildman–Crippen LogP) is 1.76. The molecule has 1 aromatic carbocycles. The van der Waals surface area contributed by atoms with Crippen molar-refractivity contribution in [2.75, 3.05) is 0 Å². The van der Waals surface area contributed by atoms with Gasteiger partial charge in [-0.2, -0.15) is 0 Å². The molecule has 0 radical (unpaired) electrons. The zero-order chi connectivity index (χ0) is 15.4. The molecular weight excluding hydrogens is 317 g/mol. The number of H-pyrrole nitrogens is 1. The lowest BCUT2D eigenvalue weighted by molar-refractivity contribution is 0.0846. The Balaban J connectivity index is 2.08.